The third-order valence-corrected chi connectivity index (χ3v) is 29.5. The standard InChI is InChI=1S/2C41H24N4S.C41H27N3S/c1-42-29-23-28(24-30(25-29)45-34-20-10-8-17-32(34)33-18-9-11-21-35(33)45)31-19-12-22-36-37(31)39-40(46-36)38(26-13-4-2-5-14-26)43-41(44-39)27-15-6-3-7-16-27;42-25-26-21-23-28(24-22-26)41-43-37(27-11-2-1-3-12-27)40-38(44-41)33-17-10-16-32(39(33)46-40)31-15-6-9-20-36(31)45-34-18-7-4-13-29(34)30-14-5-8-19-35(30)45;1-26-21-23-27(24-22-26)38-40-39(43-41(42-38)28-11-3-2-4-12-28)37-31(17-10-20-36(37)45-40)29-13-9-14-30(25-29)44-34-18-7-5-15-32(34)33-16-6-8-19-35(33)44/h2-25H;1-24H;2-25H,1H3. The molecular weight excluding hydrogens is 1730 g/mol. The third-order valence-electron chi connectivity index (χ3n) is 26.0. The van der Waals surface area contributed by atoms with Gasteiger partial charge in [0.15, 0.2) is 23.2 Å². The molecule has 0 unspecified atom stereocenters. The Morgan fingerprint density at radius 2 is 0.613 bits per heavy atom. The number of para-hydroxylation sites is 7. The van der Waals surface area contributed by atoms with Crippen LogP contribution in [0.4, 0.5) is 5.69 Å². The number of hydrogen-bond donors (Lipinski definition) is 0. The third kappa shape index (κ3) is 14.2. The number of aryl methyl sites for hydroxylation is 1. The van der Waals surface area contributed by atoms with E-state index in [-0.39, 0.29) is 0 Å². The monoisotopic (exact) mass is 1800 g/mol. The molecule has 18 aromatic carbocycles. The summed E-state index contributed by atoms with van der Waals surface area (Å²) in [4.78, 5) is 35.1. The Balaban J connectivity index is 0.000000109. The van der Waals surface area contributed by atoms with E-state index in [1.165, 1.54) is 80.3 Å². The summed E-state index contributed by atoms with van der Waals surface area (Å²) in [5, 5.41) is 20.1. The summed E-state index contributed by atoms with van der Waals surface area (Å²) < 4.78 is 13.8. The molecule has 11 nitrogen and oxygen atoms in total. The second-order valence-electron chi connectivity index (χ2n) is 34.1. The Morgan fingerprint density at radius 3 is 1.09 bits per heavy atom. The second-order valence-corrected chi connectivity index (χ2v) is 37.2. The molecule has 0 bridgehead atoms. The predicted molar refractivity (Wildman–Crippen MR) is 572 cm³/mol. The summed E-state index contributed by atoms with van der Waals surface area (Å²) in [5.41, 5.74) is 31.1. The maximum absolute atomic E-state index is 9.35. The Kier molecular flexibility index (Phi) is 20.2. The molecule has 0 saturated heterocycles. The van der Waals surface area contributed by atoms with Gasteiger partial charge in [0.1, 0.15) is 0 Å². The molecule has 0 aliphatic rings. The quantitative estimate of drug-likeness (QED) is 0.112. The minimum atomic E-state index is 0.593. The van der Waals surface area contributed by atoms with Gasteiger partial charge in [0.2, 0.25) is 0 Å². The van der Waals surface area contributed by atoms with Gasteiger partial charge in [0, 0.05) is 118 Å². The van der Waals surface area contributed by atoms with Gasteiger partial charge in [-0.25, -0.2) is 34.7 Å². The zero-order chi connectivity index (χ0) is 91.1. The first kappa shape index (κ1) is 81.2. The topological polar surface area (TPSA) is 120 Å². The molecule has 0 saturated carbocycles. The van der Waals surface area contributed by atoms with E-state index in [1.54, 1.807) is 34.0 Å². The van der Waals surface area contributed by atoms with Gasteiger partial charge in [-0.1, -0.05) is 333 Å². The lowest BCUT2D eigenvalue weighted by molar-refractivity contribution is 1.18. The van der Waals surface area contributed by atoms with E-state index in [1.807, 2.05) is 97.1 Å². The minimum absolute atomic E-state index is 0.593. The van der Waals surface area contributed by atoms with Gasteiger partial charge in [0.25, 0.3) is 0 Å². The average Bonchev–Trinajstić information content (AvgIpc) is 1.59. The first-order valence-corrected chi connectivity index (χ1v) is 47.9. The predicted octanol–water partition coefficient (Wildman–Crippen LogP) is 33.6. The van der Waals surface area contributed by atoms with Crippen LogP contribution in [0, 0.1) is 24.8 Å². The lowest BCUT2D eigenvalue weighted by atomic mass is 9.99. The van der Waals surface area contributed by atoms with Crippen LogP contribution in [0.3, 0.4) is 0 Å². The van der Waals surface area contributed by atoms with Gasteiger partial charge >= 0.3 is 0 Å². The molecule has 0 aliphatic carbocycles. The fourth-order valence-electron chi connectivity index (χ4n) is 19.7. The van der Waals surface area contributed by atoms with E-state index in [0.717, 1.165) is 158 Å². The molecular formula is C123H75N11S3. The van der Waals surface area contributed by atoms with Crippen molar-refractivity contribution in [2.24, 2.45) is 0 Å². The van der Waals surface area contributed by atoms with Gasteiger partial charge < -0.3 is 13.7 Å². The molecule has 0 N–H and O–H groups in total. The summed E-state index contributed by atoms with van der Waals surface area (Å²) in [6.07, 6.45) is 0. The van der Waals surface area contributed by atoms with Crippen LogP contribution in [0.15, 0.2) is 437 Å². The van der Waals surface area contributed by atoms with Crippen molar-refractivity contribution in [3.63, 3.8) is 0 Å². The van der Waals surface area contributed by atoms with Crippen molar-refractivity contribution >= 4 is 166 Å². The van der Waals surface area contributed by atoms with E-state index in [2.05, 4.69) is 371 Å². The van der Waals surface area contributed by atoms with Crippen LogP contribution in [0.5, 0.6) is 0 Å². The van der Waals surface area contributed by atoms with Crippen LogP contribution in [-0.2, 0) is 0 Å². The lowest BCUT2D eigenvalue weighted by Crippen LogP contribution is -1.97. The molecule has 0 aliphatic heterocycles. The smallest absolute Gasteiger partial charge is 0.189 e. The van der Waals surface area contributed by atoms with Crippen molar-refractivity contribution in [3.05, 3.63) is 459 Å². The molecule has 0 radical (unpaired) electrons. The van der Waals surface area contributed by atoms with E-state index in [9.17, 15) is 5.26 Å². The SMILES string of the molecule is Cc1ccc(-c2nc(-c3ccccc3)nc3c2sc2cccc(-c4cccc(-n5c6ccccc6c6ccccc65)c4)c23)cc1.N#Cc1ccc(-c2nc(-c3ccccc3)c3sc4c(-c5ccccc5-n5c6ccccc6c6ccccc65)cccc4c3n2)cc1.[C-]#[N+]c1cc(-c2cccc3sc4c(-c5ccccc5)nc(-c5ccccc5)nc4c23)cc(-n2c3ccccc3c3ccccc32)c1. The molecule has 0 atom stereocenters. The molecule has 640 valence electrons. The zero-order valence-corrected chi connectivity index (χ0v) is 76.2. The lowest BCUT2D eigenvalue weighted by Gasteiger charge is -2.14. The highest BCUT2D eigenvalue weighted by atomic mass is 32.1. The Labute approximate surface area is 799 Å². The summed E-state index contributed by atoms with van der Waals surface area (Å²) in [5.74, 6) is 2.08. The molecule has 0 spiro atoms. The van der Waals surface area contributed by atoms with E-state index < -0.39 is 0 Å². The number of benzene rings is 18. The molecule has 0 fully saturated rings. The Hall–Kier alpha value is -17.8. The fraction of sp³-hybridized carbons (Fsp3) is 0.00813. The first-order chi connectivity index (χ1) is 67.8. The molecule has 9 aromatic heterocycles. The van der Waals surface area contributed by atoms with Gasteiger partial charge in [-0.15, -0.1) is 34.0 Å². The number of nitriles is 1. The zero-order valence-electron chi connectivity index (χ0n) is 73.7. The molecule has 14 heteroatoms. The molecule has 9 heterocycles. The normalized spacial score (nSPS) is 11.5. The number of aromatic nitrogens is 9. The van der Waals surface area contributed by atoms with E-state index in [0.29, 0.717) is 22.9 Å². The van der Waals surface area contributed by atoms with Gasteiger partial charge in [-0.3, -0.25) is 0 Å². The minimum Gasteiger partial charge on any atom is -0.310 e. The summed E-state index contributed by atoms with van der Waals surface area (Å²) in [7, 11) is 0. The number of fused-ring (bicyclic) bond motifs is 18. The van der Waals surface area contributed by atoms with Crippen LogP contribution in [0.1, 0.15) is 11.1 Å². The van der Waals surface area contributed by atoms with Crippen LogP contribution < -0.4 is 0 Å². The van der Waals surface area contributed by atoms with Gasteiger partial charge in [-0.2, -0.15) is 5.26 Å². The van der Waals surface area contributed by atoms with Gasteiger partial charge in [-0.05, 0) is 138 Å². The van der Waals surface area contributed by atoms with Crippen molar-refractivity contribution in [3.8, 4) is 124 Å². The van der Waals surface area contributed by atoms with Crippen LogP contribution in [-0.4, -0.2) is 43.6 Å². The molecule has 27 rings (SSSR count). The summed E-state index contributed by atoms with van der Waals surface area (Å²) in [6.45, 7) is 10.2. The van der Waals surface area contributed by atoms with Crippen molar-refractivity contribution in [2.45, 2.75) is 6.92 Å². The highest BCUT2D eigenvalue weighted by Gasteiger charge is 2.27. The van der Waals surface area contributed by atoms with Gasteiger partial charge in [0.05, 0.1) is 105 Å². The van der Waals surface area contributed by atoms with Crippen molar-refractivity contribution < 1.29 is 0 Å². The van der Waals surface area contributed by atoms with Crippen LogP contribution >= 0.6 is 34.0 Å². The first-order valence-electron chi connectivity index (χ1n) is 45.5. The molecule has 137 heavy (non-hydrogen) atoms. The maximum Gasteiger partial charge on any atom is 0.189 e. The highest BCUT2D eigenvalue weighted by Crippen LogP contribution is 2.50. The largest absolute Gasteiger partial charge is 0.310 e. The Bertz CT molecular complexity index is 9420. The Morgan fingerprint density at radius 1 is 0.263 bits per heavy atom. The fourth-order valence-corrected chi connectivity index (χ4v) is 23.4. The maximum atomic E-state index is 9.35. The number of nitrogens with zero attached hydrogens (tertiary/aromatic N) is 11. The van der Waals surface area contributed by atoms with E-state index in [4.69, 9.17) is 36.5 Å². The highest BCUT2D eigenvalue weighted by molar-refractivity contribution is 7.27. The molecule has 0 amide bonds. The van der Waals surface area contributed by atoms with Crippen LogP contribution in [0.2, 0.25) is 0 Å². The van der Waals surface area contributed by atoms with E-state index >= 15 is 0 Å². The van der Waals surface area contributed by atoms with Crippen molar-refractivity contribution in [1.82, 2.24) is 43.6 Å². The van der Waals surface area contributed by atoms with Crippen LogP contribution in [0.25, 0.3) is 250 Å². The van der Waals surface area contributed by atoms with Crippen molar-refractivity contribution in [2.75, 3.05) is 0 Å². The molecule has 27 aromatic rings. The second kappa shape index (κ2) is 34.1. The average molecular weight is 1800 g/mol. The number of thiophene rings is 3. The number of hydrogen-bond acceptors (Lipinski definition) is 10. The van der Waals surface area contributed by atoms with Crippen molar-refractivity contribution in [1.29, 1.82) is 5.26 Å². The summed E-state index contributed by atoms with van der Waals surface area (Å²) >= 11 is 5.25. The summed E-state index contributed by atoms with van der Waals surface area (Å²) in [6, 6.07) is 154. The number of rotatable bonds is 12.